The van der Waals surface area contributed by atoms with E-state index in [0.29, 0.717) is 0 Å². The molecule has 118 valence electrons. The highest BCUT2D eigenvalue weighted by atomic mass is 32.1. The topological polar surface area (TPSA) is 15.3 Å². The predicted octanol–water partition coefficient (Wildman–Crippen LogP) is 5.63. The van der Waals surface area contributed by atoms with Gasteiger partial charge >= 0.3 is 0 Å². The van der Waals surface area contributed by atoms with Crippen molar-refractivity contribution >= 4 is 39.4 Å². The van der Waals surface area contributed by atoms with Crippen LogP contribution in [0.15, 0.2) is 78.4 Å². The summed E-state index contributed by atoms with van der Waals surface area (Å²) in [4.78, 5) is 0.902. The van der Waals surface area contributed by atoms with Gasteiger partial charge in [-0.2, -0.15) is 0 Å². The Kier molecular flexibility index (Phi) is 3.79. The predicted molar refractivity (Wildman–Crippen MR) is 106 cm³/mol. The summed E-state index contributed by atoms with van der Waals surface area (Å²) >= 11 is 5.64. The number of anilines is 1. The number of hydrazine groups is 1. The minimum Gasteiger partial charge on any atom is -0.293 e. The molecule has 0 aromatic heterocycles. The quantitative estimate of drug-likeness (QED) is 0.626. The second-order valence-electron chi connectivity index (χ2n) is 6.04. The van der Waals surface area contributed by atoms with Gasteiger partial charge in [-0.3, -0.25) is 5.43 Å². The molecule has 2 nitrogen and oxygen atoms in total. The number of thiocarbonyl (C=S) groups is 1. The molecule has 1 aliphatic rings. The van der Waals surface area contributed by atoms with Crippen molar-refractivity contribution in [3.05, 3.63) is 83.9 Å². The SMILES string of the molecule is CC1=C(c2ccccc2)N(Nc2cccc3ccccc23)C(=S)C1. The molecular formula is C21H18N2S. The maximum absolute atomic E-state index is 5.64. The largest absolute Gasteiger partial charge is 0.293 e. The van der Waals surface area contributed by atoms with Crippen molar-refractivity contribution in [1.82, 2.24) is 5.01 Å². The summed E-state index contributed by atoms with van der Waals surface area (Å²) in [6.07, 6.45) is 0.817. The van der Waals surface area contributed by atoms with E-state index in [0.717, 1.165) is 22.8 Å². The van der Waals surface area contributed by atoms with Crippen molar-refractivity contribution in [2.75, 3.05) is 5.43 Å². The number of nitrogens with one attached hydrogen (secondary N) is 1. The Morgan fingerprint density at radius 3 is 2.42 bits per heavy atom. The third kappa shape index (κ3) is 2.57. The highest BCUT2D eigenvalue weighted by molar-refractivity contribution is 7.80. The van der Waals surface area contributed by atoms with Crippen molar-refractivity contribution in [3.63, 3.8) is 0 Å². The van der Waals surface area contributed by atoms with E-state index in [-0.39, 0.29) is 0 Å². The Morgan fingerprint density at radius 2 is 1.58 bits per heavy atom. The number of hydrogen-bond acceptors (Lipinski definition) is 2. The average Bonchev–Trinajstić information content (AvgIpc) is 2.89. The molecule has 0 radical (unpaired) electrons. The highest BCUT2D eigenvalue weighted by Crippen LogP contribution is 2.34. The maximum Gasteiger partial charge on any atom is 0.107 e. The summed E-state index contributed by atoms with van der Waals surface area (Å²) in [5.74, 6) is 0. The van der Waals surface area contributed by atoms with Crippen molar-refractivity contribution < 1.29 is 0 Å². The first-order valence-corrected chi connectivity index (χ1v) is 8.47. The van der Waals surface area contributed by atoms with Gasteiger partial charge in [-0.15, -0.1) is 0 Å². The van der Waals surface area contributed by atoms with Crippen LogP contribution < -0.4 is 5.43 Å². The summed E-state index contributed by atoms with van der Waals surface area (Å²) < 4.78 is 0. The fourth-order valence-electron chi connectivity index (χ4n) is 3.24. The molecule has 1 aliphatic heterocycles. The highest BCUT2D eigenvalue weighted by Gasteiger charge is 2.26. The number of hydrogen-bond donors (Lipinski definition) is 1. The fraction of sp³-hybridized carbons (Fsp3) is 0.0952. The van der Waals surface area contributed by atoms with E-state index in [1.54, 1.807) is 0 Å². The Labute approximate surface area is 147 Å². The lowest BCUT2D eigenvalue weighted by Gasteiger charge is -2.25. The van der Waals surface area contributed by atoms with Gasteiger partial charge in [-0.05, 0) is 23.9 Å². The fourth-order valence-corrected chi connectivity index (χ4v) is 3.59. The molecule has 3 heteroatoms. The molecule has 4 rings (SSSR count). The molecule has 0 spiro atoms. The number of fused-ring (bicyclic) bond motifs is 1. The van der Waals surface area contributed by atoms with Crippen LogP contribution >= 0.6 is 12.2 Å². The van der Waals surface area contributed by atoms with Gasteiger partial charge < -0.3 is 0 Å². The Bertz CT molecular complexity index is 939. The molecular weight excluding hydrogens is 312 g/mol. The summed E-state index contributed by atoms with van der Waals surface area (Å²) in [5, 5.41) is 4.47. The van der Waals surface area contributed by atoms with Gasteiger partial charge in [0.25, 0.3) is 0 Å². The van der Waals surface area contributed by atoms with Gasteiger partial charge in [-0.1, -0.05) is 78.9 Å². The Morgan fingerprint density at radius 1 is 0.875 bits per heavy atom. The van der Waals surface area contributed by atoms with Gasteiger partial charge in [-0.25, -0.2) is 5.01 Å². The van der Waals surface area contributed by atoms with E-state index >= 15 is 0 Å². The molecule has 0 amide bonds. The van der Waals surface area contributed by atoms with E-state index in [1.165, 1.54) is 21.9 Å². The van der Waals surface area contributed by atoms with Crippen LogP contribution in [0.5, 0.6) is 0 Å². The van der Waals surface area contributed by atoms with Crippen LogP contribution in [0.3, 0.4) is 0 Å². The van der Waals surface area contributed by atoms with Gasteiger partial charge in [0, 0.05) is 17.4 Å². The maximum atomic E-state index is 5.64. The standard InChI is InChI=1S/C21H18N2S/c1-15-14-20(24)23(21(15)17-9-3-2-4-10-17)22-19-13-7-11-16-8-5-6-12-18(16)19/h2-13,22H,14H2,1H3. The van der Waals surface area contributed by atoms with Crippen molar-refractivity contribution in [2.45, 2.75) is 13.3 Å². The van der Waals surface area contributed by atoms with Crippen LogP contribution in [-0.4, -0.2) is 10.00 Å². The van der Waals surface area contributed by atoms with Crippen LogP contribution in [0.4, 0.5) is 5.69 Å². The minimum absolute atomic E-state index is 0.817. The molecule has 0 saturated carbocycles. The minimum atomic E-state index is 0.817. The normalized spacial score (nSPS) is 14.5. The first-order valence-electron chi connectivity index (χ1n) is 8.06. The Hall–Kier alpha value is -2.65. The molecule has 24 heavy (non-hydrogen) atoms. The van der Waals surface area contributed by atoms with Crippen LogP contribution in [0, 0.1) is 0 Å². The number of rotatable bonds is 3. The Balaban J connectivity index is 1.76. The van der Waals surface area contributed by atoms with Gasteiger partial charge in [0.15, 0.2) is 0 Å². The number of benzene rings is 3. The zero-order valence-corrected chi connectivity index (χ0v) is 14.3. The molecule has 0 atom stereocenters. The average molecular weight is 330 g/mol. The van der Waals surface area contributed by atoms with Crippen LogP contribution in [0.2, 0.25) is 0 Å². The molecule has 0 unspecified atom stereocenters. The van der Waals surface area contributed by atoms with E-state index in [9.17, 15) is 0 Å². The van der Waals surface area contributed by atoms with Gasteiger partial charge in [0.1, 0.15) is 4.99 Å². The zero-order valence-electron chi connectivity index (χ0n) is 13.5. The molecule has 0 fully saturated rings. The van der Waals surface area contributed by atoms with Gasteiger partial charge in [0.2, 0.25) is 0 Å². The first kappa shape index (κ1) is 14.9. The lowest BCUT2D eigenvalue weighted by atomic mass is 10.1. The van der Waals surface area contributed by atoms with Crippen LogP contribution in [0.25, 0.3) is 16.5 Å². The van der Waals surface area contributed by atoms with Gasteiger partial charge in [0.05, 0.1) is 11.4 Å². The smallest absolute Gasteiger partial charge is 0.107 e. The van der Waals surface area contributed by atoms with Crippen LogP contribution in [0.1, 0.15) is 18.9 Å². The van der Waals surface area contributed by atoms with E-state index in [2.05, 4.69) is 84.1 Å². The molecule has 0 aliphatic carbocycles. The second-order valence-corrected chi connectivity index (χ2v) is 6.51. The first-order chi connectivity index (χ1) is 11.7. The third-order valence-electron chi connectivity index (χ3n) is 4.36. The molecule has 0 saturated heterocycles. The molecule has 1 N–H and O–H groups in total. The monoisotopic (exact) mass is 330 g/mol. The third-order valence-corrected chi connectivity index (χ3v) is 4.69. The lowest BCUT2D eigenvalue weighted by Crippen LogP contribution is -2.29. The van der Waals surface area contributed by atoms with Crippen molar-refractivity contribution in [1.29, 1.82) is 0 Å². The van der Waals surface area contributed by atoms with Crippen molar-refractivity contribution in [2.24, 2.45) is 0 Å². The summed E-state index contributed by atoms with van der Waals surface area (Å²) in [6.45, 7) is 2.15. The number of nitrogens with zero attached hydrogens (tertiary/aromatic N) is 1. The second kappa shape index (κ2) is 6.10. The lowest BCUT2D eigenvalue weighted by molar-refractivity contribution is 0.723. The molecule has 3 aromatic carbocycles. The van der Waals surface area contributed by atoms with E-state index in [1.807, 2.05) is 6.07 Å². The van der Waals surface area contributed by atoms with Crippen LogP contribution in [-0.2, 0) is 0 Å². The molecule has 0 bridgehead atoms. The molecule has 3 aromatic rings. The van der Waals surface area contributed by atoms with E-state index in [4.69, 9.17) is 12.2 Å². The zero-order chi connectivity index (χ0) is 16.5. The van der Waals surface area contributed by atoms with E-state index < -0.39 is 0 Å². The molecule has 1 heterocycles. The summed E-state index contributed by atoms with van der Waals surface area (Å²) in [7, 11) is 0. The summed E-state index contributed by atoms with van der Waals surface area (Å²) in [5.41, 5.74) is 8.25. The van der Waals surface area contributed by atoms with Crippen molar-refractivity contribution in [3.8, 4) is 0 Å². The summed E-state index contributed by atoms with van der Waals surface area (Å²) in [6, 6.07) is 25.1.